The Balaban J connectivity index is 1.52. The highest BCUT2D eigenvalue weighted by Gasteiger charge is 2.05. The van der Waals surface area contributed by atoms with Gasteiger partial charge in [-0.05, 0) is 41.5 Å². The number of benzene rings is 3. The van der Waals surface area contributed by atoms with Gasteiger partial charge in [0.25, 0.3) is 0 Å². The van der Waals surface area contributed by atoms with Gasteiger partial charge in [0.2, 0.25) is 0 Å². The van der Waals surface area contributed by atoms with Crippen molar-refractivity contribution in [2.24, 2.45) is 0 Å². The molecule has 28 heavy (non-hydrogen) atoms. The molecule has 0 aliphatic carbocycles. The predicted octanol–water partition coefficient (Wildman–Crippen LogP) is 5.92. The van der Waals surface area contributed by atoms with E-state index in [1.54, 1.807) is 18.2 Å². The standard InChI is InChI=1S/C23H19NO4/c1-26-28-24-20-15-17(10-12-21(20)25)7-3-2-6-16-11-13-23-19(14-16)18-8-4-5-9-22(18)27-23/h2-15,24-25H,1H3/b6-2+,7-3+. The number of hydrogen-bond acceptors (Lipinski definition) is 5. The summed E-state index contributed by atoms with van der Waals surface area (Å²) in [6.45, 7) is 0. The average Bonchev–Trinajstić information content (AvgIpc) is 3.09. The van der Waals surface area contributed by atoms with Crippen molar-refractivity contribution >= 4 is 39.8 Å². The van der Waals surface area contributed by atoms with Gasteiger partial charge in [-0.25, -0.2) is 10.4 Å². The van der Waals surface area contributed by atoms with Gasteiger partial charge in [0.1, 0.15) is 22.6 Å². The average molecular weight is 373 g/mol. The summed E-state index contributed by atoms with van der Waals surface area (Å²) in [6.07, 6.45) is 7.87. The molecule has 0 saturated carbocycles. The van der Waals surface area contributed by atoms with Gasteiger partial charge in [0.15, 0.2) is 0 Å². The second-order valence-corrected chi connectivity index (χ2v) is 6.20. The summed E-state index contributed by atoms with van der Waals surface area (Å²) in [5.74, 6) is 0.0744. The lowest BCUT2D eigenvalue weighted by atomic mass is 10.1. The van der Waals surface area contributed by atoms with Crippen LogP contribution in [0, 0.1) is 0 Å². The number of allylic oxidation sites excluding steroid dienone is 2. The molecule has 0 spiro atoms. The number of nitrogens with one attached hydrogen (secondary N) is 1. The Morgan fingerprint density at radius 1 is 0.857 bits per heavy atom. The molecule has 5 nitrogen and oxygen atoms in total. The van der Waals surface area contributed by atoms with Crippen LogP contribution in [0.15, 0.2) is 77.2 Å². The molecule has 140 valence electrons. The van der Waals surface area contributed by atoms with Crippen molar-refractivity contribution in [3.63, 3.8) is 0 Å². The minimum Gasteiger partial charge on any atom is -0.506 e. The maximum Gasteiger partial charge on any atom is 0.141 e. The molecule has 0 bridgehead atoms. The van der Waals surface area contributed by atoms with Crippen molar-refractivity contribution in [3.8, 4) is 5.75 Å². The molecule has 1 aromatic heterocycles. The minimum absolute atomic E-state index is 0.0744. The number of phenolic OH excluding ortho intramolecular Hbond substituents is 1. The minimum atomic E-state index is 0.0744. The van der Waals surface area contributed by atoms with Crippen LogP contribution in [0.3, 0.4) is 0 Å². The van der Waals surface area contributed by atoms with Crippen LogP contribution >= 0.6 is 0 Å². The molecular formula is C23H19NO4. The zero-order valence-corrected chi connectivity index (χ0v) is 15.3. The second kappa shape index (κ2) is 8.00. The van der Waals surface area contributed by atoms with E-state index in [0.717, 1.165) is 33.1 Å². The van der Waals surface area contributed by atoms with E-state index >= 15 is 0 Å². The highest BCUT2D eigenvalue weighted by atomic mass is 17.3. The van der Waals surface area contributed by atoms with E-state index in [1.165, 1.54) is 7.11 Å². The molecule has 0 aliphatic rings. The third-order valence-electron chi connectivity index (χ3n) is 4.34. The molecule has 0 amide bonds. The number of anilines is 1. The predicted molar refractivity (Wildman–Crippen MR) is 112 cm³/mol. The zero-order chi connectivity index (χ0) is 19.3. The molecular weight excluding hydrogens is 354 g/mol. The van der Waals surface area contributed by atoms with Gasteiger partial charge in [-0.1, -0.05) is 54.6 Å². The number of rotatable bonds is 6. The molecule has 0 saturated heterocycles. The van der Waals surface area contributed by atoms with Gasteiger partial charge < -0.3 is 9.52 Å². The molecule has 5 heteroatoms. The molecule has 4 aromatic rings. The van der Waals surface area contributed by atoms with E-state index < -0.39 is 0 Å². The summed E-state index contributed by atoms with van der Waals surface area (Å²) in [7, 11) is 1.38. The van der Waals surface area contributed by atoms with Crippen molar-refractivity contribution < 1.29 is 19.4 Å². The fourth-order valence-electron chi connectivity index (χ4n) is 3.01. The summed E-state index contributed by atoms with van der Waals surface area (Å²) in [5.41, 5.74) is 6.71. The number of fused-ring (bicyclic) bond motifs is 3. The topological polar surface area (TPSA) is 63.9 Å². The van der Waals surface area contributed by atoms with E-state index in [2.05, 4.69) is 27.5 Å². The lowest BCUT2D eigenvalue weighted by Crippen LogP contribution is -1.99. The van der Waals surface area contributed by atoms with E-state index in [4.69, 9.17) is 4.42 Å². The van der Waals surface area contributed by atoms with Gasteiger partial charge >= 0.3 is 0 Å². The number of hydrogen-bond donors (Lipinski definition) is 2. The fraction of sp³-hybridized carbons (Fsp3) is 0.0435. The van der Waals surface area contributed by atoms with Crippen LogP contribution in [0.4, 0.5) is 5.69 Å². The van der Waals surface area contributed by atoms with Gasteiger partial charge in [-0.3, -0.25) is 0 Å². The molecule has 2 N–H and O–H groups in total. The molecule has 1 heterocycles. The maximum atomic E-state index is 9.78. The van der Waals surface area contributed by atoms with Crippen LogP contribution in [0.2, 0.25) is 0 Å². The third-order valence-corrected chi connectivity index (χ3v) is 4.34. The van der Waals surface area contributed by atoms with Crippen molar-refractivity contribution in [1.82, 2.24) is 0 Å². The van der Waals surface area contributed by atoms with Gasteiger partial charge in [-0.2, -0.15) is 0 Å². The molecule has 4 rings (SSSR count). The lowest BCUT2D eigenvalue weighted by Gasteiger charge is -2.06. The summed E-state index contributed by atoms with van der Waals surface area (Å²) in [6, 6.07) is 19.3. The van der Waals surface area contributed by atoms with Crippen LogP contribution in [0.5, 0.6) is 5.75 Å². The Morgan fingerprint density at radius 2 is 1.57 bits per heavy atom. The third kappa shape index (κ3) is 3.76. The Labute approximate surface area is 162 Å². The highest BCUT2D eigenvalue weighted by molar-refractivity contribution is 6.05. The van der Waals surface area contributed by atoms with Gasteiger partial charge in [0.05, 0.1) is 7.11 Å². The first-order valence-electron chi connectivity index (χ1n) is 8.79. The molecule has 0 aliphatic heterocycles. The first-order valence-corrected chi connectivity index (χ1v) is 8.79. The second-order valence-electron chi connectivity index (χ2n) is 6.20. The van der Waals surface area contributed by atoms with Crippen LogP contribution in [0.1, 0.15) is 11.1 Å². The molecule has 0 fully saturated rings. The van der Waals surface area contributed by atoms with Crippen LogP contribution < -0.4 is 5.48 Å². The normalized spacial score (nSPS) is 11.9. The molecule has 0 unspecified atom stereocenters. The Bertz CT molecular complexity index is 1170. The SMILES string of the molecule is COONc1cc(/C=C/C=C/c2ccc3oc4ccccc4c3c2)ccc1O. The Kier molecular flexibility index (Phi) is 5.10. The lowest BCUT2D eigenvalue weighted by molar-refractivity contribution is -0.248. The number of phenols is 1. The first-order chi connectivity index (χ1) is 13.7. The van der Waals surface area contributed by atoms with Gasteiger partial charge in [-0.15, -0.1) is 4.99 Å². The number of para-hydroxylation sites is 1. The van der Waals surface area contributed by atoms with E-state index in [1.807, 2.05) is 54.6 Å². The summed E-state index contributed by atoms with van der Waals surface area (Å²) < 4.78 is 5.86. The van der Waals surface area contributed by atoms with Crippen molar-refractivity contribution in [2.45, 2.75) is 0 Å². The Morgan fingerprint density at radius 3 is 2.39 bits per heavy atom. The van der Waals surface area contributed by atoms with E-state index in [9.17, 15) is 5.11 Å². The van der Waals surface area contributed by atoms with Crippen LogP contribution in [-0.2, 0) is 9.88 Å². The fourth-order valence-corrected chi connectivity index (χ4v) is 3.01. The molecule has 3 aromatic carbocycles. The zero-order valence-electron chi connectivity index (χ0n) is 15.3. The monoisotopic (exact) mass is 373 g/mol. The Hall–Kier alpha value is -3.54. The van der Waals surface area contributed by atoms with Crippen LogP contribution in [-0.4, -0.2) is 12.2 Å². The number of furan rings is 1. The van der Waals surface area contributed by atoms with Gasteiger partial charge in [0, 0.05) is 10.8 Å². The highest BCUT2D eigenvalue weighted by Crippen LogP contribution is 2.29. The first kappa shape index (κ1) is 17.9. The quantitative estimate of drug-likeness (QED) is 0.190. The van der Waals surface area contributed by atoms with Crippen molar-refractivity contribution in [3.05, 3.63) is 83.9 Å². The summed E-state index contributed by atoms with van der Waals surface area (Å²) >= 11 is 0. The van der Waals surface area contributed by atoms with E-state index in [0.29, 0.717) is 5.69 Å². The maximum absolute atomic E-state index is 9.78. The van der Waals surface area contributed by atoms with Crippen LogP contribution in [0.25, 0.3) is 34.1 Å². The summed E-state index contributed by atoms with van der Waals surface area (Å²) in [5, 5.41) is 12.0. The number of aromatic hydroxyl groups is 1. The van der Waals surface area contributed by atoms with Crippen molar-refractivity contribution in [1.29, 1.82) is 0 Å². The smallest absolute Gasteiger partial charge is 0.141 e. The largest absolute Gasteiger partial charge is 0.506 e. The van der Waals surface area contributed by atoms with E-state index in [-0.39, 0.29) is 5.75 Å². The molecule has 0 radical (unpaired) electrons. The molecule has 0 atom stereocenters. The summed E-state index contributed by atoms with van der Waals surface area (Å²) in [4.78, 5) is 9.12. The van der Waals surface area contributed by atoms with Crippen molar-refractivity contribution in [2.75, 3.05) is 12.6 Å².